The number of nitrogen functional groups attached to an aromatic ring is 1. The zero-order chi connectivity index (χ0) is 10.9. The Morgan fingerprint density at radius 2 is 2.27 bits per heavy atom. The van der Waals surface area contributed by atoms with Crippen molar-refractivity contribution in [2.24, 2.45) is 5.84 Å². The third-order valence-corrected chi connectivity index (χ3v) is 2.95. The molecule has 0 spiro atoms. The van der Waals surface area contributed by atoms with Gasteiger partial charge < -0.3 is 10.3 Å². The molecule has 2 heterocycles. The Balaban J connectivity index is 2.29. The first kappa shape index (κ1) is 10.2. The lowest BCUT2D eigenvalue weighted by Gasteiger charge is -2.32. The molecule has 1 aromatic rings. The van der Waals surface area contributed by atoms with Crippen LogP contribution in [0.15, 0.2) is 12.4 Å². The van der Waals surface area contributed by atoms with E-state index >= 15 is 0 Å². The summed E-state index contributed by atoms with van der Waals surface area (Å²) in [4.78, 5) is 10.8. The highest BCUT2D eigenvalue weighted by Crippen LogP contribution is 2.32. The Bertz CT molecular complexity index is 349. The molecule has 0 amide bonds. The normalized spacial score (nSPS) is 19.3. The van der Waals surface area contributed by atoms with Gasteiger partial charge >= 0.3 is 0 Å². The van der Waals surface area contributed by atoms with Crippen LogP contribution in [0.4, 0.5) is 11.6 Å². The van der Waals surface area contributed by atoms with E-state index < -0.39 is 0 Å². The fourth-order valence-electron chi connectivity index (χ4n) is 2.09. The minimum Gasteiger partial charge on any atom is -0.350 e. The minimum atomic E-state index is 0.169. The van der Waals surface area contributed by atoms with E-state index in [2.05, 4.69) is 34.1 Å². The topological polar surface area (TPSA) is 67.1 Å². The first-order valence-corrected chi connectivity index (χ1v) is 5.20. The molecule has 5 nitrogen and oxygen atoms in total. The maximum absolute atomic E-state index is 5.31. The van der Waals surface area contributed by atoms with Gasteiger partial charge in [-0.05, 0) is 26.7 Å². The highest BCUT2D eigenvalue weighted by Gasteiger charge is 2.32. The summed E-state index contributed by atoms with van der Waals surface area (Å²) in [5.41, 5.74) is 2.69. The second-order valence-corrected chi connectivity index (χ2v) is 4.47. The van der Waals surface area contributed by atoms with Crippen molar-refractivity contribution in [3.05, 3.63) is 12.4 Å². The van der Waals surface area contributed by atoms with E-state index in [1.807, 2.05) is 0 Å². The summed E-state index contributed by atoms with van der Waals surface area (Å²) < 4.78 is 0. The molecule has 1 fully saturated rings. The number of hydrogen-bond donors (Lipinski definition) is 2. The standard InChI is InChI=1S/C10H17N5/c1-10(2)4-3-5-15(10)9-7-12-6-8(13-9)14-11/h6-7H,3-5,11H2,1-2H3,(H,13,14). The van der Waals surface area contributed by atoms with Crippen LogP contribution in [0.5, 0.6) is 0 Å². The number of nitrogens with two attached hydrogens (primary N) is 1. The molecule has 0 aliphatic carbocycles. The van der Waals surface area contributed by atoms with E-state index in [0.29, 0.717) is 5.82 Å². The highest BCUT2D eigenvalue weighted by molar-refractivity contribution is 5.46. The molecular weight excluding hydrogens is 190 g/mol. The largest absolute Gasteiger partial charge is 0.350 e. The maximum Gasteiger partial charge on any atom is 0.160 e. The number of nitrogens with one attached hydrogen (secondary N) is 1. The molecule has 1 saturated heterocycles. The fraction of sp³-hybridized carbons (Fsp3) is 0.600. The molecule has 0 unspecified atom stereocenters. The van der Waals surface area contributed by atoms with Crippen molar-refractivity contribution in [1.82, 2.24) is 9.97 Å². The third-order valence-electron chi connectivity index (χ3n) is 2.95. The zero-order valence-corrected chi connectivity index (χ0v) is 9.20. The Morgan fingerprint density at radius 3 is 2.87 bits per heavy atom. The maximum atomic E-state index is 5.31. The summed E-state index contributed by atoms with van der Waals surface area (Å²) in [6.45, 7) is 5.49. The SMILES string of the molecule is CC1(C)CCCN1c1cncc(NN)n1. The van der Waals surface area contributed by atoms with Gasteiger partial charge in [-0.15, -0.1) is 0 Å². The molecule has 0 atom stereocenters. The van der Waals surface area contributed by atoms with Gasteiger partial charge in [-0.3, -0.25) is 4.98 Å². The average molecular weight is 207 g/mol. The molecule has 0 radical (unpaired) electrons. The number of aromatic nitrogens is 2. The first-order chi connectivity index (χ1) is 7.13. The van der Waals surface area contributed by atoms with Crippen molar-refractivity contribution in [1.29, 1.82) is 0 Å². The van der Waals surface area contributed by atoms with E-state index in [-0.39, 0.29) is 5.54 Å². The highest BCUT2D eigenvalue weighted by atomic mass is 15.3. The van der Waals surface area contributed by atoms with Crippen molar-refractivity contribution in [2.45, 2.75) is 32.2 Å². The van der Waals surface area contributed by atoms with E-state index in [9.17, 15) is 0 Å². The molecular formula is C10H17N5. The lowest BCUT2D eigenvalue weighted by atomic mass is 10.0. The van der Waals surface area contributed by atoms with Crippen LogP contribution in [0.25, 0.3) is 0 Å². The van der Waals surface area contributed by atoms with Crippen molar-refractivity contribution < 1.29 is 0 Å². The molecule has 15 heavy (non-hydrogen) atoms. The van der Waals surface area contributed by atoms with Gasteiger partial charge in [-0.1, -0.05) is 0 Å². The van der Waals surface area contributed by atoms with E-state index in [0.717, 1.165) is 12.4 Å². The quantitative estimate of drug-likeness (QED) is 0.562. The molecule has 0 bridgehead atoms. The molecule has 5 heteroatoms. The van der Waals surface area contributed by atoms with Crippen LogP contribution in [0.2, 0.25) is 0 Å². The average Bonchev–Trinajstić information content (AvgIpc) is 2.58. The molecule has 0 aromatic carbocycles. The van der Waals surface area contributed by atoms with Crippen LogP contribution < -0.4 is 16.2 Å². The molecule has 1 aliphatic rings. The van der Waals surface area contributed by atoms with Gasteiger partial charge in [0.05, 0.1) is 12.4 Å². The zero-order valence-electron chi connectivity index (χ0n) is 9.20. The Morgan fingerprint density at radius 1 is 1.47 bits per heavy atom. The fourth-order valence-corrected chi connectivity index (χ4v) is 2.09. The second kappa shape index (κ2) is 3.66. The van der Waals surface area contributed by atoms with Crippen LogP contribution in [-0.4, -0.2) is 22.1 Å². The summed E-state index contributed by atoms with van der Waals surface area (Å²) in [6.07, 6.45) is 5.80. The van der Waals surface area contributed by atoms with Crippen molar-refractivity contribution in [3.63, 3.8) is 0 Å². The van der Waals surface area contributed by atoms with Gasteiger partial charge in [-0.2, -0.15) is 0 Å². The summed E-state index contributed by atoms with van der Waals surface area (Å²) in [5.74, 6) is 6.82. The number of rotatable bonds is 2. The Hall–Kier alpha value is -1.36. The van der Waals surface area contributed by atoms with Gasteiger partial charge in [-0.25, -0.2) is 10.8 Å². The Labute approximate surface area is 89.7 Å². The van der Waals surface area contributed by atoms with Crippen molar-refractivity contribution in [3.8, 4) is 0 Å². The van der Waals surface area contributed by atoms with Crippen LogP contribution in [0.3, 0.4) is 0 Å². The molecule has 82 valence electrons. The second-order valence-electron chi connectivity index (χ2n) is 4.47. The van der Waals surface area contributed by atoms with Crippen LogP contribution in [0, 0.1) is 0 Å². The van der Waals surface area contributed by atoms with E-state index in [1.54, 1.807) is 12.4 Å². The van der Waals surface area contributed by atoms with Gasteiger partial charge in [0.2, 0.25) is 0 Å². The lowest BCUT2D eigenvalue weighted by Crippen LogP contribution is -2.38. The molecule has 1 aromatic heterocycles. The molecule has 3 N–H and O–H groups in total. The van der Waals surface area contributed by atoms with Crippen molar-refractivity contribution >= 4 is 11.6 Å². The predicted molar refractivity (Wildman–Crippen MR) is 60.5 cm³/mol. The van der Waals surface area contributed by atoms with Crippen LogP contribution in [-0.2, 0) is 0 Å². The van der Waals surface area contributed by atoms with Gasteiger partial charge in [0, 0.05) is 12.1 Å². The minimum absolute atomic E-state index is 0.169. The molecule has 1 aliphatic heterocycles. The lowest BCUT2D eigenvalue weighted by molar-refractivity contribution is 0.514. The number of anilines is 2. The monoisotopic (exact) mass is 207 g/mol. The van der Waals surface area contributed by atoms with Gasteiger partial charge in [0.25, 0.3) is 0 Å². The van der Waals surface area contributed by atoms with Crippen LogP contribution >= 0.6 is 0 Å². The summed E-state index contributed by atoms with van der Waals surface area (Å²) in [5, 5.41) is 0. The van der Waals surface area contributed by atoms with E-state index in [1.165, 1.54) is 12.8 Å². The molecule has 2 rings (SSSR count). The number of hydrazine groups is 1. The summed E-state index contributed by atoms with van der Waals surface area (Å²) in [6, 6.07) is 0. The van der Waals surface area contributed by atoms with Crippen LogP contribution in [0.1, 0.15) is 26.7 Å². The number of nitrogens with zero attached hydrogens (tertiary/aromatic N) is 3. The van der Waals surface area contributed by atoms with Crippen molar-refractivity contribution in [2.75, 3.05) is 16.9 Å². The smallest absolute Gasteiger partial charge is 0.160 e. The summed E-state index contributed by atoms with van der Waals surface area (Å²) in [7, 11) is 0. The van der Waals surface area contributed by atoms with Gasteiger partial charge in [0.1, 0.15) is 5.82 Å². The predicted octanol–water partition coefficient (Wildman–Crippen LogP) is 1.14. The Kier molecular flexibility index (Phi) is 2.48. The number of hydrogen-bond acceptors (Lipinski definition) is 5. The van der Waals surface area contributed by atoms with Gasteiger partial charge in [0.15, 0.2) is 5.82 Å². The third kappa shape index (κ3) is 1.87. The summed E-state index contributed by atoms with van der Waals surface area (Å²) >= 11 is 0. The first-order valence-electron chi connectivity index (χ1n) is 5.20. The molecule has 0 saturated carbocycles. The van der Waals surface area contributed by atoms with E-state index in [4.69, 9.17) is 5.84 Å².